The molecule has 0 spiro atoms. The van der Waals surface area contributed by atoms with E-state index in [1.807, 2.05) is 42.5 Å². The quantitative estimate of drug-likeness (QED) is 0.784. The van der Waals surface area contributed by atoms with Crippen molar-refractivity contribution in [2.45, 2.75) is 0 Å². The van der Waals surface area contributed by atoms with E-state index in [2.05, 4.69) is 31.2 Å². The summed E-state index contributed by atoms with van der Waals surface area (Å²) in [5.74, 6) is 1.54. The van der Waals surface area contributed by atoms with Crippen LogP contribution in [0.25, 0.3) is 10.9 Å². The van der Waals surface area contributed by atoms with Gasteiger partial charge in [-0.25, -0.2) is 9.97 Å². The molecule has 0 amide bonds. The molecule has 0 aliphatic carbocycles. The molecule has 1 N–H and O–H groups in total. The van der Waals surface area contributed by atoms with Crippen LogP contribution in [0, 0.1) is 0 Å². The molecule has 0 unspecified atom stereocenters. The van der Waals surface area contributed by atoms with Gasteiger partial charge in [-0.2, -0.15) is 0 Å². The van der Waals surface area contributed by atoms with Gasteiger partial charge >= 0.3 is 0 Å². The number of benzene rings is 2. The number of halogens is 1. The lowest BCUT2D eigenvalue weighted by molar-refractivity contribution is 0.415. The lowest BCUT2D eigenvalue weighted by Gasteiger charge is -2.09. The Morgan fingerprint density at radius 2 is 2.00 bits per heavy atom. The number of nitrogens with zero attached hydrogens (tertiary/aromatic N) is 2. The molecule has 20 heavy (non-hydrogen) atoms. The van der Waals surface area contributed by atoms with Gasteiger partial charge in [-0.1, -0.05) is 22.0 Å². The lowest BCUT2D eigenvalue weighted by Crippen LogP contribution is -1.96. The van der Waals surface area contributed by atoms with Crippen molar-refractivity contribution >= 4 is 38.3 Å². The van der Waals surface area contributed by atoms with Crippen molar-refractivity contribution in [3.05, 3.63) is 53.3 Å². The van der Waals surface area contributed by atoms with Crippen molar-refractivity contribution in [1.29, 1.82) is 0 Å². The fourth-order valence-corrected chi connectivity index (χ4v) is 2.36. The third-order valence-electron chi connectivity index (χ3n) is 2.93. The van der Waals surface area contributed by atoms with E-state index < -0.39 is 0 Å². The minimum absolute atomic E-state index is 0.756. The van der Waals surface area contributed by atoms with Crippen molar-refractivity contribution in [2.24, 2.45) is 0 Å². The van der Waals surface area contributed by atoms with Crippen LogP contribution < -0.4 is 10.1 Å². The predicted molar refractivity (Wildman–Crippen MR) is 83.5 cm³/mol. The van der Waals surface area contributed by atoms with Crippen molar-refractivity contribution in [3.8, 4) is 5.75 Å². The summed E-state index contributed by atoms with van der Waals surface area (Å²) in [5, 5.41) is 4.23. The molecule has 0 aliphatic heterocycles. The summed E-state index contributed by atoms with van der Waals surface area (Å²) in [7, 11) is 1.65. The molecule has 0 saturated heterocycles. The average Bonchev–Trinajstić information content (AvgIpc) is 2.47. The molecule has 3 rings (SSSR count). The third kappa shape index (κ3) is 2.58. The monoisotopic (exact) mass is 329 g/mol. The Bertz CT molecular complexity index is 761. The second kappa shape index (κ2) is 5.46. The van der Waals surface area contributed by atoms with Crippen LogP contribution in [0.3, 0.4) is 0 Å². The molecule has 0 saturated carbocycles. The van der Waals surface area contributed by atoms with Crippen LogP contribution >= 0.6 is 15.9 Å². The van der Waals surface area contributed by atoms with Gasteiger partial charge in [0.05, 0.1) is 12.6 Å². The first-order valence-electron chi connectivity index (χ1n) is 6.07. The minimum Gasteiger partial charge on any atom is -0.497 e. The van der Waals surface area contributed by atoms with Gasteiger partial charge in [0.1, 0.15) is 17.9 Å². The summed E-state index contributed by atoms with van der Waals surface area (Å²) >= 11 is 3.46. The molecule has 0 bridgehead atoms. The standard InChI is InChI=1S/C15H12BrN3O/c1-20-12-5-6-14-13(8-12)15(18-9-17-14)19-11-4-2-3-10(16)7-11/h2-9H,1H3,(H,17,18,19). The van der Waals surface area contributed by atoms with E-state index in [1.54, 1.807) is 13.4 Å². The van der Waals surface area contributed by atoms with Gasteiger partial charge in [-0.3, -0.25) is 0 Å². The predicted octanol–water partition coefficient (Wildman–Crippen LogP) is 4.14. The number of hydrogen-bond donors (Lipinski definition) is 1. The summed E-state index contributed by atoms with van der Waals surface area (Å²) in [5.41, 5.74) is 1.83. The van der Waals surface area contributed by atoms with Crippen molar-refractivity contribution in [1.82, 2.24) is 9.97 Å². The van der Waals surface area contributed by atoms with E-state index in [4.69, 9.17) is 4.74 Å². The molecule has 0 atom stereocenters. The molecule has 4 nitrogen and oxygen atoms in total. The van der Waals surface area contributed by atoms with Gasteiger partial charge in [-0.15, -0.1) is 0 Å². The van der Waals surface area contributed by atoms with Crippen LogP contribution in [0.1, 0.15) is 0 Å². The molecule has 2 aromatic carbocycles. The molecule has 3 aromatic rings. The number of hydrogen-bond acceptors (Lipinski definition) is 4. The van der Waals surface area contributed by atoms with Gasteiger partial charge in [0, 0.05) is 15.5 Å². The number of methoxy groups -OCH3 is 1. The van der Waals surface area contributed by atoms with Crippen LogP contribution in [0.4, 0.5) is 11.5 Å². The van der Waals surface area contributed by atoms with E-state index >= 15 is 0 Å². The average molecular weight is 330 g/mol. The largest absolute Gasteiger partial charge is 0.497 e. The van der Waals surface area contributed by atoms with Crippen molar-refractivity contribution in [2.75, 3.05) is 12.4 Å². The Labute approximate surface area is 125 Å². The van der Waals surface area contributed by atoms with E-state index in [0.717, 1.165) is 32.6 Å². The highest BCUT2D eigenvalue weighted by Gasteiger charge is 2.05. The second-order valence-electron chi connectivity index (χ2n) is 4.24. The SMILES string of the molecule is COc1ccc2ncnc(Nc3cccc(Br)c3)c2c1. The molecule has 0 aliphatic rings. The van der Waals surface area contributed by atoms with Crippen LogP contribution in [-0.4, -0.2) is 17.1 Å². The van der Waals surface area contributed by atoms with E-state index in [-0.39, 0.29) is 0 Å². The highest BCUT2D eigenvalue weighted by molar-refractivity contribution is 9.10. The fourth-order valence-electron chi connectivity index (χ4n) is 1.97. The minimum atomic E-state index is 0.756. The number of rotatable bonds is 3. The van der Waals surface area contributed by atoms with Crippen LogP contribution in [-0.2, 0) is 0 Å². The molecule has 1 aromatic heterocycles. The molecular weight excluding hydrogens is 318 g/mol. The van der Waals surface area contributed by atoms with Crippen LogP contribution in [0.15, 0.2) is 53.3 Å². The van der Waals surface area contributed by atoms with Gasteiger partial charge in [0.2, 0.25) is 0 Å². The van der Waals surface area contributed by atoms with Crippen LogP contribution in [0.5, 0.6) is 5.75 Å². The first-order chi connectivity index (χ1) is 9.76. The number of ether oxygens (including phenoxy) is 1. The Hall–Kier alpha value is -2.14. The highest BCUT2D eigenvalue weighted by atomic mass is 79.9. The maximum absolute atomic E-state index is 5.26. The zero-order chi connectivity index (χ0) is 13.9. The van der Waals surface area contributed by atoms with Crippen molar-refractivity contribution in [3.63, 3.8) is 0 Å². The first kappa shape index (κ1) is 12.9. The Morgan fingerprint density at radius 3 is 2.80 bits per heavy atom. The Balaban J connectivity index is 2.06. The third-order valence-corrected chi connectivity index (χ3v) is 3.42. The highest BCUT2D eigenvalue weighted by Crippen LogP contribution is 2.27. The van der Waals surface area contributed by atoms with Gasteiger partial charge < -0.3 is 10.1 Å². The number of fused-ring (bicyclic) bond motifs is 1. The zero-order valence-electron chi connectivity index (χ0n) is 10.8. The maximum Gasteiger partial charge on any atom is 0.141 e. The normalized spacial score (nSPS) is 10.5. The van der Waals surface area contributed by atoms with E-state index in [9.17, 15) is 0 Å². The Kier molecular flexibility index (Phi) is 3.52. The molecule has 100 valence electrons. The Morgan fingerprint density at radius 1 is 1.10 bits per heavy atom. The summed E-state index contributed by atoms with van der Waals surface area (Å²) in [4.78, 5) is 8.57. The van der Waals surface area contributed by atoms with E-state index in [1.165, 1.54) is 0 Å². The number of anilines is 2. The maximum atomic E-state index is 5.26. The lowest BCUT2D eigenvalue weighted by atomic mass is 10.2. The molecular formula is C15H12BrN3O. The first-order valence-corrected chi connectivity index (χ1v) is 6.87. The molecule has 0 radical (unpaired) electrons. The van der Waals surface area contributed by atoms with Crippen molar-refractivity contribution < 1.29 is 4.74 Å². The zero-order valence-corrected chi connectivity index (χ0v) is 12.4. The topological polar surface area (TPSA) is 47.0 Å². The second-order valence-corrected chi connectivity index (χ2v) is 5.16. The van der Waals surface area contributed by atoms with Gasteiger partial charge in [-0.05, 0) is 36.4 Å². The van der Waals surface area contributed by atoms with Gasteiger partial charge in [0.25, 0.3) is 0 Å². The summed E-state index contributed by atoms with van der Waals surface area (Å²) in [6.07, 6.45) is 1.55. The summed E-state index contributed by atoms with van der Waals surface area (Å²) in [6.45, 7) is 0. The fraction of sp³-hybridized carbons (Fsp3) is 0.0667. The smallest absolute Gasteiger partial charge is 0.141 e. The molecule has 0 fully saturated rings. The van der Waals surface area contributed by atoms with E-state index in [0.29, 0.717) is 0 Å². The molecule has 5 heteroatoms. The number of aromatic nitrogens is 2. The summed E-state index contributed by atoms with van der Waals surface area (Å²) < 4.78 is 6.27. The molecule has 1 heterocycles. The summed E-state index contributed by atoms with van der Waals surface area (Å²) in [6, 6.07) is 13.7. The van der Waals surface area contributed by atoms with Gasteiger partial charge in [0.15, 0.2) is 0 Å². The number of nitrogens with one attached hydrogen (secondary N) is 1. The van der Waals surface area contributed by atoms with Crippen LogP contribution in [0.2, 0.25) is 0 Å².